The summed E-state index contributed by atoms with van der Waals surface area (Å²) in [6.45, 7) is 0.637. The zero-order chi connectivity index (χ0) is 19.4. The molecule has 0 saturated carbocycles. The summed E-state index contributed by atoms with van der Waals surface area (Å²) in [5, 5.41) is 0.670. The van der Waals surface area contributed by atoms with Crippen molar-refractivity contribution in [3.8, 4) is 29.2 Å². The van der Waals surface area contributed by atoms with E-state index in [0.29, 0.717) is 39.3 Å². The molecule has 0 fully saturated rings. The SMILES string of the molecule is COc1cc2c(Oc3ccc(F)cc3Br)ncnc2cc1C#CCN(C)C. The summed E-state index contributed by atoms with van der Waals surface area (Å²) < 4.78 is 25.1. The van der Waals surface area contributed by atoms with E-state index in [1.165, 1.54) is 24.5 Å². The number of benzene rings is 2. The lowest BCUT2D eigenvalue weighted by atomic mass is 10.1. The quantitative estimate of drug-likeness (QED) is 0.580. The van der Waals surface area contributed by atoms with Gasteiger partial charge in [0.05, 0.1) is 34.6 Å². The zero-order valence-electron chi connectivity index (χ0n) is 15.1. The van der Waals surface area contributed by atoms with Crippen molar-refractivity contribution in [3.05, 3.63) is 52.5 Å². The van der Waals surface area contributed by atoms with Gasteiger partial charge in [0.2, 0.25) is 5.88 Å². The summed E-state index contributed by atoms with van der Waals surface area (Å²) >= 11 is 3.29. The Balaban J connectivity index is 2.03. The van der Waals surface area contributed by atoms with Gasteiger partial charge in [-0.3, -0.25) is 4.90 Å². The highest BCUT2D eigenvalue weighted by Crippen LogP contribution is 2.34. The normalized spacial score (nSPS) is 10.6. The first-order valence-electron chi connectivity index (χ1n) is 8.07. The predicted octanol–water partition coefficient (Wildman–Crippen LogP) is 4.25. The topological polar surface area (TPSA) is 47.5 Å². The molecule has 0 N–H and O–H groups in total. The Morgan fingerprint density at radius 2 is 1.96 bits per heavy atom. The molecule has 2 aromatic carbocycles. The van der Waals surface area contributed by atoms with Crippen molar-refractivity contribution in [1.29, 1.82) is 0 Å². The van der Waals surface area contributed by atoms with Crippen LogP contribution < -0.4 is 9.47 Å². The minimum atomic E-state index is -0.357. The average Bonchev–Trinajstić information content (AvgIpc) is 2.63. The summed E-state index contributed by atoms with van der Waals surface area (Å²) in [5.74, 6) is 7.23. The van der Waals surface area contributed by atoms with E-state index in [2.05, 4.69) is 37.7 Å². The first-order valence-corrected chi connectivity index (χ1v) is 8.86. The van der Waals surface area contributed by atoms with Crippen LogP contribution in [0.5, 0.6) is 17.4 Å². The van der Waals surface area contributed by atoms with Crippen LogP contribution >= 0.6 is 15.9 Å². The van der Waals surface area contributed by atoms with Crippen molar-refractivity contribution in [2.45, 2.75) is 0 Å². The third-order valence-corrected chi connectivity index (χ3v) is 4.26. The zero-order valence-corrected chi connectivity index (χ0v) is 16.7. The molecule has 1 heterocycles. The number of methoxy groups -OCH3 is 1. The lowest BCUT2D eigenvalue weighted by molar-refractivity contribution is 0.413. The van der Waals surface area contributed by atoms with E-state index in [1.807, 2.05) is 25.1 Å². The molecule has 0 aliphatic heterocycles. The molecular weight excluding hydrogens is 413 g/mol. The first-order chi connectivity index (χ1) is 13.0. The number of halogens is 2. The van der Waals surface area contributed by atoms with Gasteiger partial charge >= 0.3 is 0 Å². The second kappa shape index (κ2) is 8.33. The number of nitrogens with zero attached hydrogens (tertiary/aromatic N) is 3. The summed E-state index contributed by atoms with van der Waals surface area (Å²) in [6.07, 6.45) is 1.42. The lowest BCUT2D eigenvalue weighted by Crippen LogP contribution is -2.10. The second-order valence-electron chi connectivity index (χ2n) is 5.96. The second-order valence-corrected chi connectivity index (χ2v) is 6.82. The molecule has 0 saturated heterocycles. The van der Waals surface area contributed by atoms with Crippen LogP contribution in [0.25, 0.3) is 10.9 Å². The van der Waals surface area contributed by atoms with Crippen LogP contribution in [0, 0.1) is 17.7 Å². The summed E-state index contributed by atoms with van der Waals surface area (Å²) in [5.41, 5.74) is 1.41. The van der Waals surface area contributed by atoms with Gasteiger partial charge in [-0.05, 0) is 60.4 Å². The van der Waals surface area contributed by atoms with E-state index in [0.717, 1.165) is 5.56 Å². The summed E-state index contributed by atoms with van der Waals surface area (Å²) in [7, 11) is 5.49. The number of ether oxygens (including phenoxy) is 2. The monoisotopic (exact) mass is 429 g/mol. The Morgan fingerprint density at radius 3 is 2.67 bits per heavy atom. The number of hydrogen-bond acceptors (Lipinski definition) is 5. The van der Waals surface area contributed by atoms with Crippen LogP contribution in [0.15, 0.2) is 41.1 Å². The molecule has 3 rings (SSSR count). The van der Waals surface area contributed by atoms with Gasteiger partial charge in [0.15, 0.2) is 0 Å². The average molecular weight is 430 g/mol. The fourth-order valence-corrected chi connectivity index (χ4v) is 2.79. The molecule has 0 aliphatic rings. The summed E-state index contributed by atoms with van der Waals surface area (Å²) in [4.78, 5) is 10.5. The van der Waals surface area contributed by atoms with Gasteiger partial charge in [-0.25, -0.2) is 14.4 Å². The van der Waals surface area contributed by atoms with E-state index < -0.39 is 0 Å². The molecule has 138 valence electrons. The van der Waals surface area contributed by atoms with E-state index in [9.17, 15) is 4.39 Å². The number of aromatic nitrogens is 2. The van der Waals surface area contributed by atoms with Crippen molar-refractivity contribution in [2.24, 2.45) is 0 Å². The van der Waals surface area contributed by atoms with Crippen molar-refractivity contribution in [3.63, 3.8) is 0 Å². The third-order valence-electron chi connectivity index (χ3n) is 3.64. The Bertz CT molecular complexity index is 1040. The molecule has 7 heteroatoms. The third kappa shape index (κ3) is 4.54. The molecule has 0 aliphatic carbocycles. The maximum Gasteiger partial charge on any atom is 0.230 e. The van der Waals surface area contributed by atoms with Gasteiger partial charge in [0.25, 0.3) is 0 Å². The molecule has 1 aromatic heterocycles. The molecule has 3 aromatic rings. The molecule has 27 heavy (non-hydrogen) atoms. The van der Waals surface area contributed by atoms with Crippen LogP contribution in [0.1, 0.15) is 5.56 Å². The van der Waals surface area contributed by atoms with Gasteiger partial charge < -0.3 is 9.47 Å². The van der Waals surface area contributed by atoms with Gasteiger partial charge in [0, 0.05) is 0 Å². The van der Waals surface area contributed by atoms with Crippen LogP contribution in [-0.4, -0.2) is 42.6 Å². The fraction of sp³-hybridized carbons (Fsp3) is 0.200. The van der Waals surface area contributed by atoms with Crippen LogP contribution in [-0.2, 0) is 0 Å². The fourth-order valence-electron chi connectivity index (χ4n) is 2.36. The Labute approximate surface area is 165 Å². The van der Waals surface area contributed by atoms with Crippen molar-refractivity contribution >= 4 is 26.8 Å². The maximum absolute atomic E-state index is 13.3. The molecule has 0 atom stereocenters. The molecule has 0 unspecified atom stereocenters. The van der Waals surface area contributed by atoms with Crippen LogP contribution in [0.2, 0.25) is 0 Å². The molecule has 0 radical (unpaired) electrons. The van der Waals surface area contributed by atoms with Crippen molar-refractivity contribution in [1.82, 2.24) is 14.9 Å². The molecule has 0 amide bonds. The van der Waals surface area contributed by atoms with E-state index in [1.54, 1.807) is 13.2 Å². The molecule has 0 bridgehead atoms. The number of fused-ring (bicyclic) bond motifs is 1. The largest absolute Gasteiger partial charge is 0.495 e. The first kappa shape index (κ1) is 19.1. The molecular formula is C20H17BrFN3O2. The van der Waals surface area contributed by atoms with E-state index in [4.69, 9.17) is 9.47 Å². The van der Waals surface area contributed by atoms with Gasteiger partial charge in [-0.1, -0.05) is 11.8 Å². The smallest absolute Gasteiger partial charge is 0.230 e. The Kier molecular flexibility index (Phi) is 5.89. The minimum Gasteiger partial charge on any atom is -0.495 e. The highest BCUT2D eigenvalue weighted by Gasteiger charge is 2.13. The highest BCUT2D eigenvalue weighted by atomic mass is 79.9. The van der Waals surface area contributed by atoms with E-state index >= 15 is 0 Å². The predicted molar refractivity (Wildman–Crippen MR) is 106 cm³/mol. The maximum atomic E-state index is 13.3. The Hall–Kier alpha value is -2.69. The minimum absolute atomic E-state index is 0.346. The van der Waals surface area contributed by atoms with Crippen LogP contribution in [0.3, 0.4) is 0 Å². The standard InChI is InChI=1S/C20H17BrFN3O2/c1-25(2)8-4-5-13-9-17-15(11-19(13)26-3)20(24-12-23-17)27-18-7-6-14(22)10-16(18)21/h6-7,9-12H,8H2,1-3H3. The highest BCUT2D eigenvalue weighted by molar-refractivity contribution is 9.10. The van der Waals surface area contributed by atoms with Crippen molar-refractivity contribution in [2.75, 3.05) is 27.7 Å². The number of hydrogen-bond donors (Lipinski definition) is 0. The van der Waals surface area contributed by atoms with Gasteiger partial charge in [-0.2, -0.15) is 0 Å². The van der Waals surface area contributed by atoms with E-state index in [-0.39, 0.29) is 5.82 Å². The van der Waals surface area contributed by atoms with Gasteiger partial charge in [0.1, 0.15) is 23.6 Å². The van der Waals surface area contributed by atoms with Gasteiger partial charge in [-0.15, -0.1) is 0 Å². The van der Waals surface area contributed by atoms with Crippen molar-refractivity contribution < 1.29 is 13.9 Å². The molecule has 0 spiro atoms. The van der Waals surface area contributed by atoms with Crippen LogP contribution in [0.4, 0.5) is 4.39 Å². The Morgan fingerprint density at radius 1 is 1.15 bits per heavy atom. The lowest BCUT2D eigenvalue weighted by Gasteiger charge is -2.11. The summed E-state index contributed by atoms with van der Waals surface area (Å²) in [6, 6.07) is 7.82. The number of rotatable bonds is 4. The molecule has 5 nitrogen and oxygen atoms in total.